The standard InChI is InChI=1S/C6H13N5O/c1-3-12-6-4-5(8-2)9-11(7)10-6/h4,10H,3,7H2,1-2H3,(H,8,9). The molecule has 0 saturated heterocycles. The third-order valence-electron chi connectivity index (χ3n) is 1.27. The van der Waals surface area contributed by atoms with Gasteiger partial charge in [-0.15, -0.1) is 0 Å². The molecule has 1 aliphatic rings. The van der Waals surface area contributed by atoms with E-state index in [0.717, 1.165) is 0 Å². The van der Waals surface area contributed by atoms with Crippen molar-refractivity contribution in [1.82, 2.24) is 16.1 Å². The second-order valence-corrected chi connectivity index (χ2v) is 2.14. The number of hydrogen-bond donors (Lipinski definition) is 3. The van der Waals surface area contributed by atoms with E-state index in [0.29, 0.717) is 18.3 Å². The number of aliphatic imine (C=N–C) groups is 1. The molecule has 0 bridgehead atoms. The van der Waals surface area contributed by atoms with E-state index in [-0.39, 0.29) is 0 Å². The molecule has 0 radical (unpaired) electrons. The number of nitrogens with zero attached hydrogens (tertiary/aromatic N) is 2. The van der Waals surface area contributed by atoms with Crippen molar-refractivity contribution >= 4 is 5.84 Å². The monoisotopic (exact) mass is 171 g/mol. The highest BCUT2D eigenvalue weighted by Crippen LogP contribution is 1.96. The Morgan fingerprint density at radius 1 is 1.67 bits per heavy atom. The van der Waals surface area contributed by atoms with Gasteiger partial charge in [0.15, 0.2) is 0 Å². The van der Waals surface area contributed by atoms with Crippen LogP contribution in [0.5, 0.6) is 0 Å². The maximum absolute atomic E-state index is 5.43. The van der Waals surface area contributed by atoms with E-state index in [2.05, 4.69) is 15.8 Å². The molecule has 4 N–H and O–H groups in total. The molecule has 0 aromatic heterocycles. The van der Waals surface area contributed by atoms with Crippen molar-refractivity contribution in [2.45, 2.75) is 6.92 Å². The predicted molar refractivity (Wildman–Crippen MR) is 45.4 cm³/mol. The van der Waals surface area contributed by atoms with Crippen molar-refractivity contribution in [1.29, 1.82) is 0 Å². The Kier molecular flexibility index (Phi) is 2.89. The molecule has 0 fully saturated rings. The van der Waals surface area contributed by atoms with E-state index in [4.69, 9.17) is 10.6 Å². The van der Waals surface area contributed by atoms with Crippen LogP contribution in [0, 0.1) is 0 Å². The van der Waals surface area contributed by atoms with E-state index >= 15 is 0 Å². The molecule has 0 amide bonds. The first kappa shape index (κ1) is 8.82. The second kappa shape index (κ2) is 3.93. The van der Waals surface area contributed by atoms with Crippen LogP contribution in [0.2, 0.25) is 0 Å². The lowest BCUT2D eigenvalue weighted by molar-refractivity contribution is 0.0927. The Balaban J connectivity index is 2.66. The molecule has 0 saturated carbocycles. The van der Waals surface area contributed by atoms with Gasteiger partial charge in [-0.1, -0.05) is 5.23 Å². The minimum absolute atomic E-state index is 0.583. The van der Waals surface area contributed by atoms with Crippen molar-refractivity contribution < 1.29 is 4.74 Å². The summed E-state index contributed by atoms with van der Waals surface area (Å²) in [5.41, 5.74) is 5.49. The molecule has 0 atom stereocenters. The first-order valence-electron chi connectivity index (χ1n) is 3.65. The number of hydrazine groups is 3. The van der Waals surface area contributed by atoms with Gasteiger partial charge in [0.1, 0.15) is 5.84 Å². The molecule has 1 aliphatic heterocycles. The lowest BCUT2D eigenvalue weighted by atomic mass is 10.5. The fourth-order valence-electron chi connectivity index (χ4n) is 0.803. The molecule has 0 unspecified atom stereocenters. The van der Waals surface area contributed by atoms with Crippen LogP contribution in [-0.4, -0.2) is 24.7 Å². The van der Waals surface area contributed by atoms with Gasteiger partial charge in [0.05, 0.1) is 6.61 Å². The number of ether oxygens (including phenoxy) is 1. The van der Waals surface area contributed by atoms with Crippen LogP contribution in [0.25, 0.3) is 0 Å². The number of nitrogens with two attached hydrogens (primary N) is 1. The second-order valence-electron chi connectivity index (χ2n) is 2.14. The molecule has 0 aromatic rings. The van der Waals surface area contributed by atoms with Crippen LogP contribution in [0.3, 0.4) is 0 Å². The molecule has 6 heteroatoms. The summed E-state index contributed by atoms with van der Waals surface area (Å²) in [6.07, 6.45) is 1.73. The minimum atomic E-state index is 0.583. The molecule has 0 aliphatic carbocycles. The Morgan fingerprint density at radius 2 is 2.42 bits per heavy atom. The topological polar surface area (TPSA) is 74.9 Å². The number of nitrogens with one attached hydrogen (secondary N) is 2. The highest BCUT2D eigenvalue weighted by molar-refractivity contribution is 5.93. The van der Waals surface area contributed by atoms with Gasteiger partial charge in [-0.05, 0) is 6.92 Å². The van der Waals surface area contributed by atoms with Gasteiger partial charge in [-0.25, -0.2) is 5.84 Å². The lowest BCUT2D eigenvalue weighted by Gasteiger charge is -2.25. The zero-order valence-electron chi connectivity index (χ0n) is 7.16. The molecule has 0 spiro atoms. The number of amidine groups is 1. The Bertz CT molecular complexity index is 212. The van der Waals surface area contributed by atoms with Gasteiger partial charge in [-0.2, -0.15) is 0 Å². The van der Waals surface area contributed by atoms with Gasteiger partial charge in [0.25, 0.3) is 0 Å². The predicted octanol–water partition coefficient (Wildman–Crippen LogP) is -0.909. The van der Waals surface area contributed by atoms with Crippen LogP contribution in [0.1, 0.15) is 6.92 Å². The van der Waals surface area contributed by atoms with Crippen LogP contribution in [0.4, 0.5) is 0 Å². The van der Waals surface area contributed by atoms with E-state index < -0.39 is 0 Å². The average molecular weight is 171 g/mol. The van der Waals surface area contributed by atoms with E-state index in [1.165, 1.54) is 5.23 Å². The highest BCUT2D eigenvalue weighted by Gasteiger charge is 2.11. The maximum Gasteiger partial charge on any atom is 0.207 e. The van der Waals surface area contributed by atoms with Crippen LogP contribution >= 0.6 is 0 Å². The van der Waals surface area contributed by atoms with Gasteiger partial charge in [0.2, 0.25) is 5.88 Å². The first-order chi connectivity index (χ1) is 5.76. The molecular formula is C6H13N5O. The van der Waals surface area contributed by atoms with Crippen molar-refractivity contribution in [3.05, 3.63) is 12.0 Å². The molecule has 68 valence electrons. The SMILES string of the molecule is CCOC1=CC(=NC)NN(N)N1. The Morgan fingerprint density at radius 3 is 3.00 bits per heavy atom. The van der Waals surface area contributed by atoms with Gasteiger partial charge in [-0.3, -0.25) is 15.8 Å². The smallest absolute Gasteiger partial charge is 0.207 e. The fraction of sp³-hybridized carbons (Fsp3) is 0.500. The van der Waals surface area contributed by atoms with E-state index in [1.54, 1.807) is 13.1 Å². The zero-order valence-corrected chi connectivity index (χ0v) is 7.16. The van der Waals surface area contributed by atoms with E-state index in [1.807, 2.05) is 6.92 Å². The Hall–Kier alpha value is -1.27. The Labute approximate surface area is 71.0 Å². The maximum atomic E-state index is 5.43. The van der Waals surface area contributed by atoms with Crippen molar-refractivity contribution in [2.24, 2.45) is 10.8 Å². The van der Waals surface area contributed by atoms with Crippen LogP contribution in [-0.2, 0) is 4.74 Å². The third kappa shape index (κ3) is 2.11. The summed E-state index contributed by atoms with van der Waals surface area (Å²) < 4.78 is 5.19. The molecule has 12 heavy (non-hydrogen) atoms. The van der Waals surface area contributed by atoms with Gasteiger partial charge >= 0.3 is 0 Å². The summed E-state index contributed by atoms with van der Waals surface area (Å²) in [5, 5.41) is 1.19. The van der Waals surface area contributed by atoms with Crippen LogP contribution in [0.15, 0.2) is 17.0 Å². The average Bonchev–Trinajstić information content (AvgIpc) is 2.04. The van der Waals surface area contributed by atoms with Gasteiger partial charge < -0.3 is 4.74 Å². The zero-order chi connectivity index (χ0) is 8.97. The van der Waals surface area contributed by atoms with Crippen molar-refractivity contribution in [2.75, 3.05) is 13.7 Å². The molecular weight excluding hydrogens is 158 g/mol. The largest absolute Gasteiger partial charge is 0.478 e. The molecule has 1 heterocycles. The van der Waals surface area contributed by atoms with Crippen LogP contribution < -0.4 is 16.7 Å². The number of rotatable bonds is 2. The normalized spacial score (nSPS) is 21.2. The fourth-order valence-corrected chi connectivity index (χ4v) is 0.803. The minimum Gasteiger partial charge on any atom is -0.478 e. The van der Waals surface area contributed by atoms with Gasteiger partial charge in [0, 0.05) is 13.1 Å². The summed E-state index contributed by atoms with van der Waals surface area (Å²) in [4.78, 5) is 3.92. The summed E-state index contributed by atoms with van der Waals surface area (Å²) >= 11 is 0. The first-order valence-corrected chi connectivity index (χ1v) is 3.65. The molecule has 1 rings (SSSR count). The quantitative estimate of drug-likeness (QED) is 0.469. The molecule has 6 nitrogen and oxygen atoms in total. The lowest BCUT2D eigenvalue weighted by Crippen LogP contribution is -2.57. The summed E-state index contributed by atoms with van der Waals surface area (Å²) in [7, 11) is 1.67. The summed E-state index contributed by atoms with van der Waals surface area (Å²) in [5.74, 6) is 6.67. The molecule has 0 aromatic carbocycles. The van der Waals surface area contributed by atoms with E-state index in [9.17, 15) is 0 Å². The van der Waals surface area contributed by atoms with Crippen molar-refractivity contribution in [3.63, 3.8) is 0 Å². The number of hydrogen-bond acceptors (Lipinski definition) is 5. The summed E-state index contributed by atoms with van der Waals surface area (Å²) in [6.45, 7) is 2.48. The highest BCUT2D eigenvalue weighted by atomic mass is 16.5. The third-order valence-corrected chi connectivity index (χ3v) is 1.27. The van der Waals surface area contributed by atoms with Crippen molar-refractivity contribution in [3.8, 4) is 0 Å². The summed E-state index contributed by atoms with van der Waals surface area (Å²) in [6, 6.07) is 0.